The average molecular weight is 459 g/mol. The number of amides is 1. The van der Waals surface area contributed by atoms with Crippen molar-refractivity contribution in [2.24, 2.45) is 0 Å². The van der Waals surface area contributed by atoms with Crippen molar-refractivity contribution < 1.29 is 18.5 Å². The second kappa shape index (κ2) is 9.32. The first-order valence-corrected chi connectivity index (χ1v) is 11.1. The van der Waals surface area contributed by atoms with Crippen LogP contribution in [0.3, 0.4) is 0 Å². The molecule has 8 nitrogen and oxygen atoms in total. The van der Waals surface area contributed by atoms with Crippen LogP contribution in [0.1, 0.15) is 11.4 Å². The Labute approximate surface area is 186 Å². The number of rotatable bonds is 8. The van der Waals surface area contributed by atoms with E-state index >= 15 is 0 Å². The van der Waals surface area contributed by atoms with E-state index in [-0.39, 0.29) is 17.7 Å². The van der Waals surface area contributed by atoms with Crippen LogP contribution in [0, 0.1) is 0 Å². The molecular weight excluding hydrogens is 440 g/mol. The Kier molecular flexibility index (Phi) is 6.34. The van der Waals surface area contributed by atoms with Gasteiger partial charge in [-0.15, -0.1) is 16.8 Å². The number of allylic oxidation sites excluding steroid dienone is 1. The Morgan fingerprint density at radius 2 is 1.97 bits per heavy atom. The lowest BCUT2D eigenvalue weighted by Gasteiger charge is -2.09. The number of ether oxygens (including phenoxy) is 2. The zero-order chi connectivity index (χ0) is 21.8. The van der Waals surface area contributed by atoms with Gasteiger partial charge in [0.25, 0.3) is 0 Å². The van der Waals surface area contributed by atoms with E-state index in [0.29, 0.717) is 41.0 Å². The molecule has 10 heteroatoms. The minimum atomic E-state index is -1.69. The third-order valence-corrected chi connectivity index (χ3v) is 5.99. The topological polar surface area (TPSA) is 95.3 Å². The predicted molar refractivity (Wildman–Crippen MR) is 117 cm³/mol. The Morgan fingerprint density at radius 1 is 1.19 bits per heavy atom. The number of hydrogen-bond donors (Lipinski definition) is 1. The van der Waals surface area contributed by atoms with Gasteiger partial charge in [-0.3, -0.25) is 13.6 Å². The molecule has 0 fully saturated rings. The van der Waals surface area contributed by atoms with Crippen molar-refractivity contribution in [2.75, 3.05) is 17.9 Å². The molecule has 2 aromatic carbocycles. The molecule has 0 saturated heterocycles. The van der Waals surface area contributed by atoms with Gasteiger partial charge in [0.05, 0.1) is 0 Å². The second-order valence-electron chi connectivity index (χ2n) is 6.71. The van der Waals surface area contributed by atoms with E-state index in [2.05, 4.69) is 22.1 Å². The van der Waals surface area contributed by atoms with Crippen LogP contribution >= 0.6 is 11.6 Å². The Hall–Kier alpha value is -3.17. The van der Waals surface area contributed by atoms with Gasteiger partial charge in [0, 0.05) is 29.7 Å². The first-order chi connectivity index (χ1) is 15.0. The maximum Gasteiger partial charge on any atom is 0.237 e. The van der Waals surface area contributed by atoms with Crippen LogP contribution in [0.4, 0.5) is 5.69 Å². The molecule has 31 heavy (non-hydrogen) atoms. The summed E-state index contributed by atoms with van der Waals surface area (Å²) in [5.74, 6) is 1.13. The van der Waals surface area contributed by atoms with Crippen LogP contribution in [0.2, 0.25) is 5.02 Å². The molecule has 1 atom stereocenters. The second-order valence-corrected chi connectivity index (χ2v) is 8.49. The molecule has 1 aliphatic rings. The number of fused-ring (bicyclic) bond motifs is 1. The van der Waals surface area contributed by atoms with Gasteiger partial charge in [-0.2, -0.15) is 0 Å². The number of hydrogen-bond acceptors (Lipinski definition) is 6. The number of anilines is 1. The average Bonchev–Trinajstić information content (AvgIpc) is 3.37. The van der Waals surface area contributed by atoms with Gasteiger partial charge >= 0.3 is 0 Å². The maximum atomic E-state index is 12.9. The van der Waals surface area contributed by atoms with E-state index in [0.717, 1.165) is 5.56 Å². The van der Waals surface area contributed by atoms with Gasteiger partial charge < -0.3 is 14.8 Å². The van der Waals surface area contributed by atoms with Crippen molar-refractivity contribution in [2.45, 2.75) is 18.1 Å². The lowest BCUT2D eigenvalue weighted by Crippen LogP contribution is -2.21. The number of carbonyl (C=O) groups is 1. The van der Waals surface area contributed by atoms with E-state index in [1.54, 1.807) is 41.0 Å². The maximum absolute atomic E-state index is 12.9. The summed E-state index contributed by atoms with van der Waals surface area (Å²) in [6, 6.07) is 12.4. The zero-order valence-corrected chi connectivity index (χ0v) is 18.0. The summed E-state index contributed by atoms with van der Waals surface area (Å²) in [6.07, 6.45) is 2.15. The van der Waals surface area contributed by atoms with Crippen molar-refractivity contribution in [3.63, 3.8) is 0 Å². The minimum absolute atomic E-state index is 0.147. The van der Waals surface area contributed by atoms with Gasteiger partial charge in [0.2, 0.25) is 17.9 Å². The Balaban J connectivity index is 1.46. The van der Waals surface area contributed by atoms with E-state index < -0.39 is 16.7 Å². The quantitative estimate of drug-likeness (QED) is 0.521. The fourth-order valence-corrected chi connectivity index (χ4v) is 4.19. The van der Waals surface area contributed by atoms with Crippen LogP contribution in [-0.2, 0) is 28.6 Å². The van der Waals surface area contributed by atoms with Crippen molar-refractivity contribution in [3.8, 4) is 11.5 Å². The first kappa shape index (κ1) is 21.1. The highest BCUT2D eigenvalue weighted by atomic mass is 35.5. The molecule has 0 bridgehead atoms. The summed E-state index contributed by atoms with van der Waals surface area (Å²) in [5, 5.41) is 11.8. The molecule has 1 amide bonds. The fourth-order valence-electron chi connectivity index (χ4n) is 3.07. The highest BCUT2D eigenvalue weighted by Crippen LogP contribution is 2.34. The van der Waals surface area contributed by atoms with Crippen LogP contribution in [0.15, 0.2) is 60.3 Å². The summed E-state index contributed by atoms with van der Waals surface area (Å²) in [7, 11) is -1.69. The number of carbonyl (C=O) groups excluding carboxylic acids is 1. The lowest BCUT2D eigenvalue weighted by atomic mass is 10.1. The molecule has 0 aliphatic carbocycles. The molecule has 0 unspecified atom stereocenters. The fraction of sp³-hybridized carbons (Fsp3) is 0.190. The van der Waals surface area contributed by atoms with E-state index in [1.165, 1.54) is 0 Å². The van der Waals surface area contributed by atoms with Crippen molar-refractivity contribution in [3.05, 3.63) is 71.5 Å². The molecule has 0 saturated carbocycles. The van der Waals surface area contributed by atoms with E-state index in [1.807, 2.05) is 12.1 Å². The molecule has 0 radical (unpaired) electrons. The molecule has 0 spiro atoms. The Bertz CT molecular complexity index is 1150. The normalized spacial score (nSPS) is 13.1. The van der Waals surface area contributed by atoms with Gasteiger partial charge in [0.15, 0.2) is 11.5 Å². The molecule has 160 valence electrons. The minimum Gasteiger partial charge on any atom is -0.454 e. The van der Waals surface area contributed by atoms with Gasteiger partial charge in [0.1, 0.15) is 22.4 Å². The highest BCUT2D eigenvalue weighted by molar-refractivity contribution is 7.85. The molecule has 1 N–H and O–H groups in total. The summed E-state index contributed by atoms with van der Waals surface area (Å²) in [4.78, 5) is 12.4. The van der Waals surface area contributed by atoms with Crippen molar-refractivity contribution in [1.82, 2.24) is 14.8 Å². The Morgan fingerprint density at radius 3 is 2.74 bits per heavy atom. The van der Waals surface area contributed by atoms with Crippen LogP contribution in [0.5, 0.6) is 11.5 Å². The van der Waals surface area contributed by atoms with Crippen LogP contribution < -0.4 is 14.8 Å². The summed E-state index contributed by atoms with van der Waals surface area (Å²) < 4.78 is 25.1. The summed E-state index contributed by atoms with van der Waals surface area (Å²) in [6.45, 7) is 4.27. The molecular formula is C21H19ClN4O4S. The zero-order valence-electron chi connectivity index (χ0n) is 16.4. The smallest absolute Gasteiger partial charge is 0.237 e. The van der Waals surface area contributed by atoms with Crippen molar-refractivity contribution in [1.29, 1.82) is 0 Å². The molecule has 4 rings (SSSR count). The van der Waals surface area contributed by atoms with Crippen molar-refractivity contribution >= 4 is 34.0 Å². The number of nitrogens with one attached hydrogen (secondary N) is 1. The molecule has 1 aromatic heterocycles. The number of halogens is 1. The summed E-state index contributed by atoms with van der Waals surface area (Å²) in [5.41, 5.74) is 1.52. The standard InChI is InChI=1S/C21H19ClN4O4S/c1-2-9-26-19(10-14-3-5-15(22)6-4-14)24-25-21(26)31(28)12-20(27)23-16-7-8-17-18(11-16)30-13-29-17/h2-8,11H,1,9-10,12-13H2,(H,23,27)/t31-/m1/s1. The number of aromatic nitrogens is 3. The van der Waals surface area contributed by atoms with Gasteiger partial charge in [-0.1, -0.05) is 29.8 Å². The van der Waals surface area contributed by atoms with Crippen LogP contribution in [-0.4, -0.2) is 37.4 Å². The highest BCUT2D eigenvalue weighted by Gasteiger charge is 2.20. The SMILES string of the molecule is C=CCn1c(Cc2ccc(Cl)cc2)nnc1[S@](=O)CC(=O)Nc1ccc2c(c1)OCO2. The number of benzene rings is 2. The third kappa shape index (κ3) is 4.95. The van der Waals surface area contributed by atoms with E-state index in [9.17, 15) is 9.00 Å². The molecule has 1 aliphatic heterocycles. The largest absolute Gasteiger partial charge is 0.454 e. The van der Waals surface area contributed by atoms with Gasteiger partial charge in [-0.25, -0.2) is 0 Å². The lowest BCUT2D eigenvalue weighted by molar-refractivity contribution is -0.113. The third-order valence-electron chi connectivity index (χ3n) is 4.50. The van der Waals surface area contributed by atoms with Crippen LogP contribution in [0.25, 0.3) is 0 Å². The first-order valence-electron chi connectivity index (χ1n) is 9.39. The summed E-state index contributed by atoms with van der Waals surface area (Å²) >= 11 is 5.94. The molecule has 3 aromatic rings. The monoisotopic (exact) mass is 458 g/mol. The predicted octanol–water partition coefficient (Wildman–Crippen LogP) is 3.18. The van der Waals surface area contributed by atoms with E-state index in [4.69, 9.17) is 21.1 Å². The van der Waals surface area contributed by atoms with Gasteiger partial charge in [-0.05, 0) is 29.8 Å². The molecule has 2 heterocycles. The number of nitrogens with zero attached hydrogens (tertiary/aromatic N) is 3.